The maximum absolute atomic E-state index is 12.4. The van der Waals surface area contributed by atoms with Crippen molar-refractivity contribution in [2.45, 2.75) is 12.8 Å². The molecule has 1 aliphatic rings. The zero-order chi connectivity index (χ0) is 20.1. The highest BCUT2D eigenvalue weighted by Crippen LogP contribution is 2.19. The van der Waals surface area contributed by atoms with E-state index in [1.54, 1.807) is 29.2 Å². The van der Waals surface area contributed by atoms with E-state index in [9.17, 15) is 14.4 Å². The average Bonchev–Trinajstić information content (AvgIpc) is 3.26. The molecular weight excluding hydrogens is 360 g/mol. The second-order valence-corrected chi connectivity index (χ2v) is 6.97. The lowest BCUT2D eigenvalue weighted by Gasteiger charge is -2.31. The molecule has 3 amide bonds. The van der Waals surface area contributed by atoms with Crippen LogP contribution >= 0.6 is 0 Å². The third-order valence-electron chi connectivity index (χ3n) is 4.85. The van der Waals surface area contributed by atoms with Crippen molar-refractivity contribution in [1.82, 2.24) is 15.8 Å². The van der Waals surface area contributed by atoms with Crippen LogP contribution in [0.4, 0.5) is 5.69 Å². The lowest BCUT2D eigenvalue weighted by molar-refractivity contribution is -0.127. The number of furan rings is 1. The summed E-state index contributed by atoms with van der Waals surface area (Å²) < 4.78 is 4.94. The average molecular weight is 384 g/mol. The molecular formula is C20H24N4O4. The molecule has 0 radical (unpaired) electrons. The van der Waals surface area contributed by atoms with E-state index in [2.05, 4.69) is 10.9 Å². The number of hydrogen-bond donors (Lipinski definition) is 2. The highest BCUT2D eigenvalue weighted by Gasteiger charge is 2.28. The zero-order valence-electron chi connectivity index (χ0n) is 16.0. The van der Waals surface area contributed by atoms with Crippen molar-refractivity contribution in [1.29, 1.82) is 0 Å². The topological polar surface area (TPSA) is 94.9 Å². The van der Waals surface area contributed by atoms with Gasteiger partial charge < -0.3 is 14.2 Å². The molecule has 1 aromatic carbocycles. The van der Waals surface area contributed by atoms with Gasteiger partial charge in [-0.3, -0.25) is 25.2 Å². The predicted octanol–water partition coefficient (Wildman–Crippen LogP) is 1.66. The Labute approximate surface area is 163 Å². The van der Waals surface area contributed by atoms with E-state index in [-0.39, 0.29) is 23.6 Å². The van der Waals surface area contributed by atoms with Gasteiger partial charge in [0.1, 0.15) is 6.26 Å². The summed E-state index contributed by atoms with van der Waals surface area (Å²) in [6.45, 7) is 0.974. The summed E-state index contributed by atoms with van der Waals surface area (Å²) >= 11 is 0. The molecule has 2 heterocycles. The number of likely N-dealkylation sites (tertiary alicyclic amines) is 1. The zero-order valence-corrected chi connectivity index (χ0v) is 16.0. The lowest BCUT2D eigenvalue weighted by Crippen LogP contribution is -2.48. The predicted molar refractivity (Wildman–Crippen MR) is 104 cm³/mol. The molecule has 2 aromatic rings. The van der Waals surface area contributed by atoms with Gasteiger partial charge in [-0.25, -0.2) is 0 Å². The number of piperidine rings is 1. The molecule has 28 heavy (non-hydrogen) atoms. The van der Waals surface area contributed by atoms with E-state index in [0.29, 0.717) is 37.1 Å². The highest BCUT2D eigenvalue weighted by molar-refractivity contribution is 5.96. The summed E-state index contributed by atoms with van der Waals surface area (Å²) in [7, 11) is 3.78. The van der Waals surface area contributed by atoms with Gasteiger partial charge in [0, 0.05) is 44.4 Å². The Morgan fingerprint density at radius 1 is 1.07 bits per heavy atom. The molecule has 148 valence electrons. The summed E-state index contributed by atoms with van der Waals surface area (Å²) in [5, 5.41) is 0. The molecule has 1 aromatic heterocycles. The van der Waals surface area contributed by atoms with Crippen molar-refractivity contribution < 1.29 is 18.8 Å². The second-order valence-electron chi connectivity index (χ2n) is 6.97. The normalized spacial score (nSPS) is 14.4. The fourth-order valence-electron chi connectivity index (χ4n) is 3.13. The number of carbonyl (C=O) groups is 3. The third kappa shape index (κ3) is 4.51. The number of hydrazine groups is 1. The number of anilines is 1. The minimum atomic E-state index is -0.371. The molecule has 0 bridgehead atoms. The van der Waals surface area contributed by atoms with Gasteiger partial charge in [-0.15, -0.1) is 0 Å². The first-order chi connectivity index (χ1) is 13.5. The van der Waals surface area contributed by atoms with Crippen molar-refractivity contribution in [2.24, 2.45) is 5.92 Å². The van der Waals surface area contributed by atoms with E-state index in [1.165, 1.54) is 12.5 Å². The standard InChI is InChI=1S/C20H24N4O4/c1-23(2)17-5-3-4-15(12-17)19(26)22-21-18(25)14-6-9-24(10-7-14)20(27)16-8-11-28-13-16/h3-5,8,11-14H,6-7,9-10H2,1-2H3,(H,21,25)(H,22,26). The number of hydrogen-bond acceptors (Lipinski definition) is 5. The van der Waals surface area contributed by atoms with Crippen molar-refractivity contribution in [2.75, 3.05) is 32.1 Å². The van der Waals surface area contributed by atoms with Gasteiger partial charge >= 0.3 is 0 Å². The van der Waals surface area contributed by atoms with Crippen molar-refractivity contribution in [3.05, 3.63) is 54.0 Å². The van der Waals surface area contributed by atoms with Gasteiger partial charge in [-0.1, -0.05) is 6.07 Å². The van der Waals surface area contributed by atoms with E-state index in [1.807, 2.05) is 25.1 Å². The van der Waals surface area contributed by atoms with Gasteiger partial charge in [0.2, 0.25) is 5.91 Å². The molecule has 1 aliphatic heterocycles. The number of nitrogens with one attached hydrogen (secondary N) is 2. The van der Waals surface area contributed by atoms with E-state index in [4.69, 9.17) is 4.42 Å². The quantitative estimate of drug-likeness (QED) is 0.782. The Bertz CT molecular complexity index is 840. The minimum absolute atomic E-state index is 0.0957. The van der Waals surface area contributed by atoms with Gasteiger partial charge in [0.15, 0.2) is 0 Å². The molecule has 0 spiro atoms. The first-order valence-corrected chi connectivity index (χ1v) is 9.15. The number of rotatable bonds is 4. The van der Waals surface area contributed by atoms with Crippen LogP contribution in [0.5, 0.6) is 0 Å². The Balaban J connectivity index is 1.47. The lowest BCUT2D eigenvalue weighted by atomic mass is 9.96. The van der Waals surface area contributed by atoms with Crippen LogP contribution in [0, 0.1) is 5.92 Å². The number of carbonyl (C=O) groups excluding carboxylic acids is 3. The number of nitrogens with zero attached hydrogens (tertiary/aromatic N) is 2. The fraction of sp³-hybridized carbons (Fsp3) is 0.350. The number of amides is 3. The Hall–Kier alpha value is -3.29. The Morgan fingerprint density at radius 2 is 1.82 bits per heavy atom. The van der Waals surface area contributed by atoms with E-state index < -0.39 is 0 Å². The largest absolute Gasteiger partial charge is 0.472 e. The monoisotopic (exact) mass is 384 g/mol. The van der Waals surface area contributed by atoms with Crippen LogP contribution in [0.3, 0.4) is 0 Å². The van der Waals surface area contributed by atoms with Gasteiger partial charge in [-0.2, -0.15) is 0 Å². The first-order valence-electron chi connectivity index (χ1n) is 9.15. The van der Waals surface area contributed by atoms with Crippen LogP contribution in [0.25, 0.3) is 0 Å². The summed E-state index contributed by atoms with van der Waals surface area (Å²) in [5.41, 5.74) is 6.84. The summed E-state index contributed by atoms with van der Waals surface area (Å²) in [6.07, 6.45) is 3.97. The van der Waals surface area contributed by atoms with Crippen molar-refractivity contribution in [3.8, 4) is 0 Å². The summed E-state index contributed by atoms with van der Waals surface area (Å²) in [6, 6.07) is 8.75. The first kappa shape index (κ1) is 19.5. The molecule has 0 unspecified atom stereocenters. The Morgan fingerprint density at radius 3 is 2.46 bits per heavy atom. The molecule has 3 rings (SSSR count). The van der Waals surface area contributed by atoms with Crippen LogP contribution in [-0.2, 0) is 4.79 Å². The fourth-order valence-corrected chi connectivity index (χ4v) is 3.13. The maximum atomic E-state index is 12.4. The van der Waals surface area contributed by atoms with Crippen molar-refractivity contribution >= 4 is 23.4 Å². The molecule has 2 N–H and O–H groups in total. The third-order valence-corrected chi connectivity index (χ3v) is 4.85. The van der Waals surface area contributed by atoms with Crippen LogP contribution in [0.15, 0.2) is 47.3 Å². The molecule has 0 aliphatic carbocycles. The number of benzene rings is 1. The van der Waals surface area contributed by atoms with E-state index >= 15 is 0 Å². The van der Waals surface area contributed by atoms with Crippen LogP contribution in [0.2, 0.25) is 0 Å². The van der Waals surface area contributed by atoms with Gasteiger partial charge in [0.25, 0.3) is 11.8 Å². The molecule has 8 nitrogen and oxygen atoms in total. The highest BCUT2D eigenvalue weighted by atomic mass is 16.3. The second kappa shape index (κ2) is 8.60. The summed E-state index contributed by atoms with van der Waals surface area (Å²) in [4.78, 5) is 40.5. The SMILES string of the molecule is CN(C)c1cccc(C(=O)NNC(=O)C2CCN(C(=O)c3ccoc3)CC2)c1. The van der Waals surface area contributed by atoms with Crippen LogP contribution < -0.4 is 15.8 Å². The maximum Gasteiger partial charge on any atom is 0.269 e. The van der Waals surface area contributed by atoms with Crippen LogP contribution in [-0.4, -0.2) is 49.8 Å². The molecule has 8 heteroatoms. The van der Waals surface area contributed by atoms with Crippen molar-refractivity contribution in [3.63, 3.8) is 0 Å². The van der Waals surface area contributed by atoms with Gasteiger partial charge in [0.05, 0.1) is 11.8 Å². The van der Waals surface area contributed by atoms with Crippen LogP contribution in [0.1, 0.15) is 33.6 Å². The molecule has 0 saturated carbocycles. The minimum Gasteiger partial charge on any atom is -0.472 e. The smallest absolute Gasteiger partial charge is 0.269 e. The summed E-state index contributed by atoms with van der Waals surface area (Å²) in [5.74, 6) is -0.958. The van der Waals surface area contributed by atoms with Gasteiger partial charge in [-0.05, 0) is 37.1 Å². The molecule has 1 fully saturated rings. The van der Waals surface area contributed by atoms with E-state index in [0.717, 1.165) is 5.69 Å². The molecule has 0 atom stereocenters. The molecule has 1 saturated heterocycles. The Kier molecular flexibility index (Phi) is 5.98.